The quantitative estimate of drug-likeness (QED) is 0.829. The molecule has 6 nitrogen and oxygen atoms in total. The number of aromatic amines is 1. The van der Waals surface area contributed by atoms with Crippen LogP contribution in [0.15, 0.2) is 18.7 Å². The van der Waals surface area contributed by atoms with E-state index in [-0.39, 0.29) is 6.47 Å². The van der Waals surface area contributed by atoms with Gasteiger partial charge in [-0.1, -0.05) is 6.42 Å². The molecule has 6 heteroatoms. The summed E-state index contributed by atoms with van der Waals surface area (Å²) in [6.45, 7) is 2.87. The van der Waals surface area contributed by atoms with Gasteiger partial charge in [0.25, 0.3) is 6.47 Å². The summed E-state index contributed by atoms with van der Waals surface area (Å²) in [6, 6.07) is 0. The molecule has 0 atom stereocenters. The highest BCUT2D eigenvalue weighted by molar-refractivity contribution is 5.52. The van der Waals surface area contributed by atoms with Gasteiger partial charge >= 0.3 is 0 Å². The van der Waals surface area contributed by atoms with E-state index in [1.165, 1.54) is 19.3 Å². The lowest BCUT2D eigenvalue weighted by Gasteiger charge is -2.26. The monoisotopic (exact) mass is 262 g/mol. The van der Waals surface area contributed by atoms with Crippen LogP contribution in [-0.2, 0) is 11.3 Å². The Balaban J connectivity index is 0.000000408. The lowest BCUT2D eigenvalue weighted by molar-refractivity contribution is -0.122. The van der Waals surface area contributed by atoms with Crippen LogP contribution in [0.3, 0.4) is 0 Å². The molecule has 19 heavy (non-hydrogen) atoms. The molecule has 1 aliphatic carbocycles. The number of aromatic nitrogens is 4. The minimum Gasteiger partial charge on any atom is -0.483 e. The van der Waals surface area contributed by atoms with Crippen LogP contribution < -0.4 is 0 Å². The maximum absolute atomic E-state index is 8.36. The Morgan fingerprint density at radius 2 is 2.26 bits per heavy atom. The zero-order valence-corrected chi connectivity index (χ0v) is 10.9. The van der Waals surface area contributed by atoms with Crippen LogP contribution in [0, 0.1) is 12.8 Å². The van der Waals surface area contributed by atoms with Crippen LogP contribution in [0.1, 0.15) is 25.0 Å². The Bertz CT molecular complexity index is 528. The van der Waals surface area contributed by atoms with Crippen molar-refractivity contribution in [3.63, 3.8) is 0 Å². The fourth-order valence-corrected chi connectivity index (χ4v) is 2.21. The van der Waals surface area contributed by atoms with E-state index in [4.69, 9.17) is 9.90 Å². The summed E-state index contributed by atoms with van der Waals surface area (Å²) in [4.78, 5) is 20.2. The van der Waals surface area contributed by atoms with Crippen molar-refractivity contribution in [2.24, 2.45) is 5.92 Å². The van der Waals surface area contributed by atoms with Crippen LogP contribution >= 0.6 is 0 Å². The minimum atomic E-state index is -0.250. The topological polar surface area (TPSA) is 83.8 Å². The lowest BCUT2D eigenvalue weighted by Crippen LogP contribution is -2.18. The molecule has 102 valence electrons. The summed E-state index contributed by atoms with van der Waals surface area (Å²) in [6.07, 6.45) is 9.75. The first kappa shape index (κ1) is 13.3. The van der Waals surface area contributed by atoms with Crippen LogP contribution in [0.2, 0.25) is 0 Å². The average molecular weight is 262 g/mol. The summed E-state index contributed by atoms with van der Waals surface area (Å²) in [5, 5.41) is 6.89. The number of imidazole rings is 2. The van der Waals surface area contributed by atoms with Gasteiger partial charge in [0.15, 0.2) is 5.82 Å². The SMILES string of the molecule is Cc1[nH]cnc1-c1nccn1CC1CCC1.O=CO. The second-order valence-electron chi connectivity index (χ2n) is 4.68. The van der Waals surface area contributed by atoms with Gasteiger partial charge in [-0.3, -0.25) is 4.79 Å². The Kier molecular flexibility index (Phi) is 4.33. The first-order chi connectivity index (χ1) is 9.26. The fourth-order valence-electron chi connectivity index (χ4n) is 2.21. The maximum Gasteiger partial charge on any atom is 0.290 e. The minimum absolute atomic E-state index is 0.250. The van der Waals surface area contributed by atoms with Gasteiger partial charge in [-0.15, -0.1) is 0 Å². The van der Waals surface area contributed by atoms with E-state index in [9.17, 15) is 0 Å². The van der Waals surface area contributed by atoms with Crippen molar-refractivity contribution >= 4 is 6.47 Å². The molecule has 1 fully saturated rings. The molecule has 0 aromatic carbocycles. The van der Waals surface area contributed by atoms with Gasteiger partial charge in [0.1, 0.15) is 5.69 Å². The Morgan fingerprint density at radius 1 is 1.53 bits per heavy atom. The van der Waals surface area contributed by atoms with E-state index in [0.29, 0.717) is 0 Å². The largest absolute Gasteiger partial charge is 0.483 e. The normalized spacial score (nSPS) is 14.4. The molecule has 0 amide bonds. The Morgan fingerprint density at radius 3 is 2.79 bits per heavy atom. The first-order valence-corrected chi connectivity index (χ1v) is 6.35. The van der Waals surface area contributed by atoms with E-state index in [1.807, 2.05) is 13.1 Å². The van der Waals surface area contributed by atoms with Gasteiger partial charge in [0, 0.05) is 24.6 Å². The molecule has 0 aliphatic heterocycles. The summed E-state index contributed by atoms with van der Waals surface area (Å²) in [5.74, 6) is 1.83. The number of carboxylic acid groups (broad SMARTS) is 1. The number of hydrogen-bond acceptors (Lipinski definition) is 3. The van der Waals surface area contributed by atoms with Crippen molar-refractivity contribution in [1.82, 2.24) is 19.5 Å². The van der Waals surface area contributed by atoms with E-state index in [0.717, 1.165) is 29.7 Å². The number of H-pyrrole nitrogens is 1. The molecular weight excluding hydrogens is 244 g/mol. The summed E-state index contributed by atoms with van der Waals surface area (Å²) >= 11 is 0. The summed E-state index contributed by atoms with van der Waals surface area (Å²) < 4.78 is 2.23. The van der Waals surface area contributed by atoms with Crippen molar-refractivity contribution in [3.05, 3.63) is 24.4 Å². The van der Waals surface area contributed by atoms with Crippen LogP contribution in [0.25, 0.3) is 11.5 Å². The van der Waals surface area contributed by atoms with Gasteiger partial charge in [-0.2, -0.15) is 0 Å². The van der Waals surface area contributed by atoms with E-state index < -0.39 is 0 Å². The molecule has 2 heterocycles. The fraction of sp³-hybridized carbons (Fsp3) is 0.462. The Hall–Kier alpha value is -2.11. The Labute approximate surface area is 111 Å². The summed E-state index contributed by atoms with van der Waals surface area (Å²) in [7, 11) is 0. The van der Waals surface area contributed by atoms with Gasteiger partial charge in [0.05, 0.1) is 6.33 Å². The number of nitrogens with zero attached hydrogens (tertiary/aromatic N) is 3. The molecule has 2 N–H and O–H groups in total. The van der Waals surface area contributed by atoms with E-state index >= 15 is 0 Å². The summed E-state index contributed by atoms with van der Waals surface area (Å²) in [5.41, 5.74) is 2.06. The third-order valence-corrected chi connectivity index (χ3v) is 3.44. The second kappa shape index (κ2) is 6.17. The van der Waals surface area contributed by atoms with Crippen molar-refractivity contribution in [2.45, 2.75) is 32.7 Å². The highest BCUT2D eigenvalue weighted by Crippen LogP contribution is 2.29. The smallest absolute Gasteiger partial charge is 0.290 e. The number of hydrogen-bond donors (Lipinski definition) is 2. The average Bonchev–Trinajstić information content (AvgIpc) is 2.93. The molecule has 3 rings (SSSR count). The highest BCUT2D eigenvalue weighted by atomic mass is 16.3. The lowest BCUT2D eigenvalue weighted by atomic mass is 9.85. The molecule has 0 radical (unpaired) electrons. The third-order valence-electron chi connectivity index (χ3n) is 3.44. The van der Waals surface area contributed by atoms with Gasteiger partial charge in [-0.25, -0.2) is 9.97 Å². The molecule has 1 aliphatic rings. The zero-order chi connectivity index (χ0) is 13.7. The zero-order valence-electron chi connectivity index (χ0n) is 10.9. The second-order valence-corrected chi connectivity index (χ2v) is 4.68. The molecular formula is C13H18N4O2. The molecule has 0 spiro atoms. The van der Waals surface area contributed by atoms with Gasteiger partial charge < -0.3 is 14.7 Å². The molecule has 0 unspecified atom stereocenters. The van der Waals surface area contributed by atoms with Crippen molar-refractivity contribution in [3.8, 4) is 11.5 Å². The molecule has 0 saturated heterocycles. The number of rotatable bonds is 3. The van der Waals surface area contributed by atoms with E-state index in [2.05, 4.69) is 25.7 Å². The van der Waals surface area contributed by atoms with Crippen LogP contribution in [-0.4, -0.2) is 31.1 Å². The van der Waals surface area contributed by atoms with Gasteiger partial charge in [0.2, 0.25) is 0 Å². The van der Waals surface area contributed by atoms with Gasteiger partial charge in [-0.05, 0) is 25.7 Å². The number of aryl methyl sites for hydroxylation is 1. The predicted octanol–water partition coefficient (Wildman–Crippen LogP) is 2.08. The number of nitrogens with one attached hydrogen (secondary N) is 1. The first-order valence-electron chi connectivity index (χ1n) is 6.35. The van der Waals surface area contributed by atoms with Crippen LogP contribution in [0.5, 0.6) is 0 Å². The van der Waals surface area contributed by atoms with Crippen molar-refractivity contribution < 1.29 is 9.90 Å². The third kappa shape index (κ3) is 3.01. The number of carbonyl (C=O) groups is 1. The van der Waals surface area contributed by atoms with Crippen molar-refractivity contribution in [2.75, 3.05) is 0 Å². The maximum atomic E-state index is 8.36. The van der Waals surface area contributed by atoms with Crippen LogP contribution in [0.4, 0.5) is 0 Å². The standard InChI is InChI=1S/C12H16N4.CH2O2/c1-9-11(15-8-14-9)12-13-5-6-16(12)7-10-3-2-4-10;2-1-3/h5-6,8,10H,2-4,7H2,1H3,(H,14,15);1H,(H,2,3). The molecule has 1 saturated carbocycles. The van der Waals surface area contributed by atoms with E-state index in [1.54, 1.807) is 6.33 Å². The molecule has 2 aromatic rings. The molecule has 2 aromatic heterocycles. The molecule has 0 bridgehead atoms. The predicted molar refractivity (Wildman–Crippen MR) is 70.6 cm³/mol. The van der Waals surface area contributed by atoms with Crippen molar-refractivity contribution in [1.29, 1.82) is 0 Å². The highest BCUT2D eigenvalue weighted by Gasteiger charge is 2.20.